The highest BCUT2D eigenvalue weighted by Gasteiger charge is 2.54. The van der Waals surface area contributed by atoms with Crippen molar-refractivity contribution in [3.05, 3.63) is 34.9 Å². The van der Waals surface area contributed by atoms with Crippen LogP contribution in [-0.4, -0.2) is 5.78 Å². The second-order valence-corrected chi connectivity index (χ2v) is 7.37. The second kappa shape index (κ2) is 4.19. The zero-order valence-electron chi connectivity index (χ0n) is 13.3. The molecular formula is C19H24O. The van der Waals surface area contributed by atoms with Gasteiger partial charge < -0.3 is 0 Å². The van der Waals surface area contributed by atoms with Crippen LogP contribution in [0.2, 0.25) is 0 Å². The summed E-state index contributed by atoms with van der Waals surface area (Å²) in [6.45, 7) is 2.62. The SMILES string of the molecule is [2H]Cc1ccc2c(c1)CC[C@@H]1[C@@H]2CC[C@]2(C)C(=O)CC[C@@H]12. The van der Waals surface area contributed by atoms with Crippen LogP contribution in [-0.2, 0) is 11.2 Å². The van der Waals surface area contributed by atoms with Gasteiger partial charge in [0, 0.05) is 13.2 Å². The Labute approximate surface area is 123 Å². The first-order valence-electron chi connectivity index (χ1n) is 8.78. The molecular weight excluding hydrogens is 244 g/mol. The van der Waals surface area contributed by atoms with E-state index in [4.69, 9.17) is 1.37 Å². The topological polar surface area (TPSA) is 17.1 Å². The van der Waals surface area contributed by atoms with Crippen molar-refractivity contribution >= 4 is 5.78 Å². The van der Waals surface area contributed by atoms with Gasteiger partial charge in [-0.05, 0) is 67.9 Å². The van der Waals surface area contributed by atoms with Crippen LogP contribution in [0.3, 0.4) is 0 Å². The highest BCUT2D eigenvalue weighted by Crippen LogP contribution is 2.59. The molecule has 0 amide bonds. The van der Waals surface area contributed by atoms with Gasteiger partial charge in [0.1, 0.15) is 5.78 Å². The van der Waals surface area contributed by atoms with E-state index in [0.29, 0.717) is 30.4 Å². The molecule has 2 saturated carbocycles. The predicted octanol–water partition coefficient (Wildman–Crippen LogP) is 4.42. The van der Waals surface area contributed by atoms with Crippen LogP contribution in [0.1, 0.15) is 63.0 Å². The van der Waals surface area contributed by atoms with Crippen LogP contribution < -0.4 is 0 Å². The molecule has 0 aliphatic heterocycles. The van der Waals surface area contributed by atoms with Crippen molar-refractivity contribution in [3.63, 3.8) is 0 Å². The van der Waals surface area contributed by atoms with E-state index in [9.17, 15) is 4.79 Å². The lowest BCUT2D eigenvalue weighted by Crippen LogP contribution is -2.42. The Bertz CT molecular complexity index is 593. The summed E-state index contributed by atoms with van der Waals surface area (Å²) >= 11 is 0. The minimum atomic E-state index is -0.0141. The minimum Gasteiger partial charge on any atom is -0.299 e. The molecule has 0 radical (unpaired) electrons. The first-order chi connectivity index (χ1) is 10.1. The maximum absolute atomic E-state index is 12.3. The molecule has 1 aromatic carbocycles. The van der Waals surface area contributed by atoms with Gasteiger partial charge in [-0.25, -0.2) is 0 Å². The highest BCUT2D eigenvalue weighted by molar-refractivity contribution is 5.87. The molecule has 106 valence electrons. The number of carbonyl (C=O) groups is 1. The molecule has 3 aliphatic rings. The van der Waals surface area contributed by atoms with Gasteiger partial charge in [0.05, 0.1) is 0 Å². The third kappa shape index (κ3) is 1.58. The van der Waals surface area contributed by atoms with E-state index in [1.165, 1.54) is 24.0 Å². The van der Waals surface area contributed by atoms with Gasteiger partial charge >= 0.3 is 0 Å². The van der Waals surface area contributed by atoms with Gasteiger partial charge in [0.15, 0.2) is 0 Å². The Kier molecular flexibility index (Phi) is 2.42. The molecule has 0 spiro atoms. The summed E-state index contributed by atoms with van der Waals surface area (Å²) in [6, 6.07) is 6.68. The third-order valence-corrected chi connectivity index (χ3v) is 6.50. The molecule has 0 bridgehead atoms. The zero-order chi connectivity index (χ0) is 14.6. The van der Waals surface area contributed by atoms with Gasteiger partial charge in [-0.15, -0.1) is 0 Å². The van der Waals surface area contributed by atoms with E-state index in [-0.39, 0.29) is 5.41 Å². The van der Waals surface area contributed by atoms with Crippen molar-refractivity contribution in [2.75, 3.05) is 0 Å². The van der Waals surface area contributed by atoms with Crippen molar-refractivity contribution in [2.45, 2.75) is 58.3 Å². The van der Waals surface area contributed by atoms with Crippen molar-refractivity contribution < 1.29 is 6.17 Å². The fraction of sp³-hybridized carbons (Fsp3) is 0.632. The number of fused-ring (bicyclic) bond motifs is 5. The molecule has 0 saturated heterocycles. The summed E-state index contributed by atoms with van der Waals surface area (Å²) < 4.78 is 7.55. The average Bonchev–Trinajstić information content (AvgIpc) is 2.82. The van der Waals surface area contributed by atoms with E-state index in [1.54, 1.807) is 0 Å². The van der Waals surface area contributed by atoms with Crippen LogP contribution in [0.4, 0.5) is 0 Å². The Morgan fingerprint density at radius 3 is 3.00 bits per heavy atom. The Morgan fingerprint density at radius 1 is 1.25 bits per heavy atom. The Hall–Kier alpha value is -1.11. The first kappa shape index (κ1) is 11.5. The molecule has 1 aromatic rings. The van der Waals surface area contributed by atoms with E-state index >= 15 is 0 Å². The summed E-state index contributed by atoms with van der Waals surface area (Å²) in [5.41, 5.74) is 4.14. The third-order valence-electron chi connectivity index (χ3n) is 6.50. The lowest BCUT2D eigenvalue weighted by atomic mass is 9.55. The summed E-state index contributed by atoms with van der Waals surface area (Å²) in [7, 11) is 0. The van der Waals surface area contributed by atoms with Crippen molar-refractivity contribution in [3.8, 4) is 0 Å². The number of rotatable bonds is 0. The number of benzene rings is 1. The van der Waals surface area contributed by atoms with Crippen LogP contribution in [0.5, 0.6) is 0 Å². The summed E-state index contributed by atoms with van der Waals surface area (Å²) in [6.07, 6.45) is 6.58. The molecule has 1 heteroatoms. The Balaban J connectivity index is 1.70. The van der Waals surface area contributed by atoms with Crippen molar-refractivity contribution in [1.82, 2.24) is 0 Å². The molecule has 4 rings (SSSR count). The quantitative estimate of drug-likeness (QED) is 0.681. The highest BCUT2D eigenvalue weighted by atomic mass is 16.1. The number of Topliss-reactive ketones (excluding diaryl/α,β-unsaturated/α-hetero) is 1. The summed E-state index contributed by atoms with van der Waals surface area (Å²) in [5.74, 6) is 2.52. The first-order valence-corrected chi connectivity index (χ1v) is 8.08. The zero-order valence-corrected chi connectivity index (χ0v) is 12.3. The largest absolute Gasteiger partial charge is 0.299 e. The number of hydrogen-bond acceptors (Lipinski definition) is 1. The number of carbonyl (C=O) groups excluding carboxylic acids is 1. The molecule has 3 aliphatic carbocycles. The summed E-state index contributed by atoms with van der Waals surface area (Å²) in [4.78, 5) is 12.3. The van der Waals surface area contributed by atoms with Crippen LogP contribution in [0, 0.1) is 24.2 Å². The molecule has 0 heterocycles. The predicted molar refractivity (Wildman–Crippen MR) is 80.8 cm³/mol. The van der Waals surface area contributed by atoms with E-state index < -0.39 is 0 Å². The fourth-order valence-electron chi connectivity index (χ4n) is 5.41. The number of ketones is 1. The number of hydrogen-bond donors (Lipinski definition) is 0. The molecule has 2 fully saturated rings. The molecule has 1 nitrogen and oxygen atoms in total. The maximum Gasteiger partial charge on any atom is 0.139 e. The summed E-state index contributed by atoms with van der Waals surface area (Å²) in [5, 5.41) is 0. The average molecular weight is 269 g/mol. The molecule has 0 aromatic heterocycles. The van der Waals surface area contributed by atoms with Gasteiger partial charge in [-0.3, -0.25) is 4.79 Å². The van der Waals surface area contributed by atoms with E-state index in [0.717, 1.165) is 31.2 Å². The van der Waals surface area contributed by atoms with E-state index in [1.807, 2.05) is 0 Å². The lowest BCUT2D eigenvalue weighted by Gasteiger charge is -2.48. The standard InChI is InChI=1S/C19H24O/c1-12-3-5-14-13(11-12)4-6-16-15(14)9-10-19(2)17(16)7-8-18(19)20/h3,5,11,15-17H,4,6-10H2,1-2H3/t15-,16-,17+,19+/m1/s1/i1D. The number of aryl methyl sites for hydroxylation is 2. The lowest BCUT2D eigenvalue weighted by molar-refractivity contribution is -0.129. The monoisotopic (exact) mass is 269 g/mol. The van der Waals surface area contributed by atoms with Crippen molar-refractivity contribution in [1.29, 1.82) is 0 Å². The van der Waals surface area contributed by atoms with Crippen molar-refractivity contribution in [2.24, 2.45) is 17.3 Å². The molecule has 0 N–H and O–H groups in total. The van der Waals surface area contributed by atoms with Crippen LogP contribution in [0.25, 0.3) is 0 Å². The smallest absolute Gasteiger partial charge is 0.139 e. The van der Waals surface area contributed by atoms with Crippen LogP contribution in [0.15, 0.2) is 18.2 Å². The van der Waals surface area contributed by atoms with Gasteiger partial charge in [0.25, 0.3) is 0 Å². The fourth-order valence-corrected chi connectivity index (χ4v) is 5.41. The maximum atomic E-state index is 12.3. The van der Waals surface area contributed by atoms with E-state index in [2.05, 4.69) is 25.1 Å². The molecule has 0 unspecified atom stereocenters. The molecule has 20 heavy (non-hydrogen) atoms. The minimum absolute atomic E-state index is 0.0141. The second-order valence-electron chi connectivity index (χ2n) is 7.37. The molecule has 4 atom stereocenters. The van der Waals surface area contributed by atoms with Gasteiger partial charge in [-0.1, -0.05) is 30.7 Å². The normalized spacial score (nSPS) is 39.8. The van der Waals surface area contributed by atoms with Crippen LogP contribution >= 0.6 is 0 Å². The Morgan fingerprint density at radius 2 is 2.15 bits per heavy atom. The van der Waals surface area contributed by atoms with Gasteiger partial charge in [0.2, 0.25) is 0 Å². The van der Waals surface area contributed by atoms with Gasteiger partial charge in [-0.2, -0.15) is 0 Å².